The Bertz CT molecular complexity index is 322. The summed E-state index contributed by atoms with van der Waals surface area (Å²) >= 11 is 10.4. The van der Waals surface area contributed by atoms with E-state index in [0.717, 1.165) is 0 Å². The van der Waals surface area contributed by atoms with Crippen molar-refractivity contribution >= 4 is 50.1 Å². The van der Waals surface area contributed by atoms with E-state index in [2.05, 4.69) is 20.9 Å². The van der Waals surface area contributed by atoms with Crippen molar-refractivity contribution in [2.75, 3.05) is 0 Å². The SMILES string of the molecule is FC(F)c1cc(CCl)nc(Br)c1I. The first-order chi connectivity index (χ1) is 6.06. The van der Waals surface area contributed by atoms with Crippen molar-refractivity contribution in [2.24, 2.45) is 0 Å². The Kier molecular flexibility index (Phi) is 4.31. The lowest BCUT2D eigenvalue weighted by Gasteiger charge is -2.06. The molecule has 0 aromatic carbocycles. The van der Waals surface area contributed by atoms with Crippen LogP contribution in [0.2, 0.25) is 0 Å². The van der Waals surface area contributed by atoms with Crippen LogP contribution in [0, 0.1) is 3.57 Å². The van der Waals surface area contributed by atoms with E-state index < -0.39 is 6.43 Å². The van der Waals surface area contributed by atoms with Gasteiger partial charge in [0.25, 0.3) is 6.43 Å². The Balaban J connectivity index is 3.25. The van der Waals surface area contributed by atoms with Crippen molar-refractivity contribution in [1.29, 1.82) is 0 Å². The molecule has 0 N–H and O–H groups in total. The molecule has 1 nitrogen and oxygen atoms in total. The van der Waals surface area contributed by atoms with Crippen LogP contribution >= 0.6 is 50.1 Å². The van der Waals surface area contributed by atoms with Crippen LogP contribution in [0.25, 0.3) is 0 Å². The van der Waals surface area contributed by atoms with Gasteiger partial charge in [0, 0.05) is 5.56 Å². The third-order valence-electron chi connectivity index (χ3n) is 1.37. The van der Waals surface area contributed by atoms with E-state index in [1.807, 2.05) is 22.6 Å². The second kappa shape index (κ2) is 4.84. The van der Waals surface area contributed by atoms with Gasteiger partial charge in [-0.05, 0) is 44.6 Å². The van der Waals surface area contributed by atoms with Crippen LogP contribution < -0.4 is 0 Å². The maximum absolute atomic E-state index is 12.4. The highest BCUT2D eigenvalue weighted by Crippen LogP contribution is 2.29. The highest BCUT2D eigenvalue weighted by molar-refractivity contribution is 14.1. The molecule has 0 saturated heterocycles. The van der Waals surface area contributed by atoms with E-state index in [-0.39, 0.29) is 11.4 Å². The zero-order valence-electron chi connectivity index (χ0n) is 6.20. The van der Waals surface area contributed by atoms with Gasteiger partial charge in [0.15, 0.2) is 0 Å². The lowest BCUT2D eigenvalue weighted by molar-refractivity contribution is 0.150. The van der Waals surface area contributed by atoms with Gasteiger partial charge < -0.3 is 0 Å². The standard InChI is InChI=1S/C7H4BrClF2IN/c8-6-5(12)4(7(10)11)1-3(2-9)13-6/h1,7H,2H2. The van der Waals surface area contributed by atoms with Gasteiger partial charge in [0.2, 0.25) is 0 Å². The van der Waals surface area contributed by atoms with E-state index in [9.17, 15) is 8.78 Å². The first kappa shape index (κ1) is 11.6. The molecule has 72 valence electrons. The van der Waals surface area contributed by atoms with Crippen molar-refractivity contribution in [2.45, 2.75) is 12.3 Å². The van der Waals surface area contributed by atoms with Gasteiger partial charge in [-0.3, -0.25) is 0 Å². The second-order valence-electron chi connectivity index (χ2n) is 2.24. The van der Waals surface area contributed by atoms with Gasteiger partial charge in [0.1, 0.15) is 4.60 Å². The molecule has 0 fully saturated rings. The molecule has 1 rings (SSSR count). The number of rotatable bonds is 2. The number of pyridine rings is 1. The molecule has 0 bridgehead atoms. The smallest absolute Gasteiger partial charge is 0.244 e. The summed E-state index contributed by atoms with van der Waals surface area (Å²) in [6.07, 6.45) is -2.49. The molecule has 0 aliphatic carbocycles. The minimum atomic E-state index is -2.49. The molecule has 0 unspecified atom stereocenters. The molecule has 0 amide bonds. The predicted molar refractivity (Wildman–Crippen MR) is 59.2 cm³/mol. The van der Waals surface area contributed by atoms with Crippen LogP contribution in [-0.2, 0) is 5.88 Å². The third-order valence-corrected chi connectivity index (χ3v) is 4.09. The average Bonchev–Trinajstić information content (AvgIpc) is 2.09. The van der Waals surface area contributed by atoms with Crippen LogP contribution in [-0.4, -0.2) is 4.98 Å². The molecule has 1 heterocycles. The van der Waals surface area contributed by atoms with Crippen molar-refractivity contribution in [3.8, 4) is 0 Å². The lowest BCUT2D eigenvalue weighted by Crippen LogP contribution is -1.97. The Hall–Kier alpha value is 0.510. The van der Waals surface area contributed by atoms with E-state index in [0.29, 0.717) is 13.9 Å². The number of halogens is 5. The number of nitrogens with zero attached hydrogens (tertiary/aromatic N) is 1. The predicted octanol–water partition coefficient (Wildman–Crippen LogP) is 4.13. The topological polar surface area (TPSA) is 12.9 Å². The Morgan fingerprint density at radius 2 is 2.23 bits per heavy atom. The summed E-state index contributed by atoms with van der Waals surface area (Å²) in [6, 6.07) is 1.32. The monoisotopic (exact) mass is 381 g/mol. The first-order valence-electron chi connectivity index (χ1n) is 3.25. The molecule has 0 radical (unpaired) electrons. The van der Waals surface area contributed by atoms with Crippen molar-refractivity contribution in [3.63, 3.8) is 0 Å². The molecule has 0 aliphatic rings. The number of hydrogen-bond donors (Lipinski definition) is 0. The Morgan fingerprint density at radius 1 is 1.62 bits per heavy atom. The Morgan fingerprint density at radius 3 is 2.69 bits per heavy atom. The van der Waals surface area contributed by atoms with E-state index in [1.54, 1.807) is 0 Å². The highest BCUT2D eigenvalue weighted by atomic mass is 127. The third kappa shape index (κ3) is 2.73. The number of aromatic nitrogens is 1. The maximum atomic E-state index is 12.4. The van der Waals surface area contributed by atoms with Gasteiger partial charge in [-0.1, -0.05) is 0 Å². The minimum Gasteiger partial charge on any atom is -0.244 e. The largest absolute Gasteiger partial charge is 0.265 e. The van der Waals surface area contributed by atoms with Crippen molar-refractivity contribution in [3.05, 3.63) is 25.5 Å². The van der Waals surface area contributed by atoms with Gasteiger partial charge >= 0.3 is 0 Å². The fraction of sp³-hybridized carbons (Fsp3) is 0.286. The average molecular weight is 382 g/mol. The van der Waals surface area contributed by atoms with Crippen LogP contribution in [0.3, 0.4) is 0 Å². The molecule has 1 aromatic heterocycles. The summed E-state index contributed by atoms with van der Waals surface area (Å²) in [5, 5.41) is 0. The number of hydrogen-bond acceptors (Lipinski definition) is 1. The van der Waals surface area contributed by atoms with E-state index in [1.165, 1.54) is 6.07 Å². The minimum absolute atomic E-state index is 0.0295. The van der Waals surface area contributed by atoms with Crippen LogP contribution in [0.4, 0.5) is 8.78 Å². The van der Waals surface area contributed by atoms with E-state index in [4.69, 9.17) is 11.6 Å². The Labute approximate surface area is 101 Å². The molecule has 1 aromatic rings. The van der Waals surface area contributed by atoms with Gasteiger partial charge in [-0.2, -0.15) is 0 Å². The summed E-state index contributed by atoms with van der Waals surface area (Å²) in [7, 11) is 0. The first-order valence-corrected chi connectivity index (χ1v) is 5.65. The molecule has 0 aliphatic heterocycles. The summed E-state index contributed by atoms with van der Waals surface area (Å²) in [5.74, 6) is 0.134. The van der Waals surface area contributed by atoms with Gasteiger partial charge in [-0.25, -0.2) is 13.8 Å². The fourth-order valence-corrected chi connectivity index (χ4v) is 1.90. The molecule has 0 spiro atoms. The summed E-state index contributed by atoms with van der Waals surface area (Å²) < 4.78 is 25.7. The molecule has 0 atom stereocenters. The quantitative estimate of drug-likeness (QED) is 0.426. The van der Waals surface area contributed by atoms with Gasteiger partial charge in [0.05, 0.1) is 15.1 Å². The summed E-state index contributed by atoms with van der Waals surface area (Å²) in [4.78, 5) is 3.98. The van der Waals surface area contributed by atoms with E-state index >= 15 is 0 Å². The molecule has 0 saturated carbocycles. The van der Waals surface area contributed by atoms with Crippen molar-refractivity contribution < 1.29 is 8.78 Å². The van der Waals surface area contributed by atoms with Crippen LogP contribution in [0.5, 0.6) is 0 Å². The number of alkyl halides is 3. The summed E-state index contributed by atoms with van der Waals surface area (Å²) in [5.41, 5.74) is 0.419. The molecule has 13 heavy (non-hydrogen) atoms. The van der Waals surface area contributed by atoms with Gasteiger partial charge in [-0.15, -0.1) is 11.6 Å². The zero-order valence-corrected chi connectivity index (χ0v) is 10.7. The van der Waals surface area contributed by atoms with Crippen LogP contribution in [0.1, 0.15) is 17.7 Å². The molecular weight excluding hydrogens is 378 g/mol. The molecular formula is C7H4BrClF2IN. The second-order valence-corrected chi connectivity index (χ2v) is 4.34. The maximum Gasteiger partial charge on any atom is 0.265 e. The lowest BCUT2D eigenvalue weighted by atomic mass is 10.2. The van der Waals surface area contributed by atoms with Crippen LogP contribution in [0.15, 0.2) is 10.7 Å². The molecule has 6 heteroatoms. The zero-order chi connectivity index (χ0) is 10.0. The summed E-state index contributed by atoms with van der Waals surface area (Å²) in [6.45, 7) is 0. The fourth-order valence-electron chi connectivity index (χ4n) is 0.797. The highest BCUT2D eigenvalue weighted by Gasteiger charge is 2.15. The van der Waals surface area contributed by atoms with Crippen molar-refractivity contribution in [1.82, 2.24) is 4.98 Å². The normalized spacial score (nSPS) is 10.9.